The van der Waals surface area contributed by atoms with Crippen molar-refractivity contribution in [2.24, 2.45) is 0 Å². The van der Waals surface area contributed by atoms with Crippen molar-refractivity contribution in [3.8, 4) is 11.5 Å². The van der Waals surface area contributed by atoms with Crippen LogP contribution in [0.2, 0.25) is 0 Å². The zero-order chi connectivity index (χ0) is 16.1. The van der Waals surface area contributed by atoms with Crippen molar-refractivity contribution in [3.05, 3.63) is 60.7 Å². The summed E-state index contributed by atoms with van der Waals surface area (Å²) >= 11 is 0. The van der Waals surface area contributed by atoms with Crippen molar-refractivity contribution in [1.82, 2.24) is 0 Å². The molecular formula is C17H21O4P. The van der Waals surface area contributed by atoms with E-state index in [1.165, 1.54) is 0 Å². The molecule has 0 aromatic heterocycles. The van der Waals surface area contributed by atoms with Gasteiger partial charge in [-0.25, -0.2) is 4.57 Å². The molecule has 0 bridgehead atoms. The lowest BCUT2D eigenvalue weighted by molar-refractivity contribution is 0.0685. The van der Waals surface area contributed by atoms with Gasteiger partial charge in [0, 0.05) is 0 Å². The van der Waals surface area contributed by atoms with Crippen LogP contribution >= 0.6 is 7.82 Å². The average molecular weight is 320 g/mol. The van der Waals surface area contributed by atoms with Crippen LogP contribution in [0.4, 0.5) is 0 Å². The zero-order valence-electron chi connectivity index (χ0n) is 13.1. The lowest BCUT2D eigenvalue weighted by Crippen LogP contribution is -2.24. The van der Waals surface area contributed by atoms with Gasteiger partial charge in [0.15, 0.2) is 0 Å². The molecule has 0 atom stereocenters. The lowest BCUT2D eigenvalue weighted by Gasteiger charge is -2.28. The van der Waals surface area contributed by atoms with Crippen molar-refractivity contribution in [2.75, 3.05) is 0 Å². The Labute approximate surface area is 131 Å². The maximum Gasteiger partial charge on any atom is 0.588 e. The maximum atomic E-state index is 13.1. The van der Waals surface area contributed by atoms with Crippen LogP contribution in [0.5, 0.6) is 11.5 Å². The molecule has 0 N–H and O–H groups in total. The SMILES string of the molecule is CCC(C)(C)OP(=O)(Oc1ccccc1)Oc1ccccc1. The molecule has 2 aromatic carbocycles. The van der Waals surface area contributed by atoms with E-state index in [0.717, 1.165) is 0 Å². The van der Waals surface area contributed by atoms with Gasteiger partial charge in [-0.1, -0.05) is 43.3 Å². The summed E-state index contributed by atoms with van der Waals surface area (Å²) in [4.78, 5) is 0. The first-order chi connectivity index (χ1) is 10.4. The third-order valence-electron chi connectivity index (χ3n) is 3.13. The number of hydrogen-bond acceptors (Lipinski definition) is 4. The predicted molar refractivity (Wildman–Crippen MR) is 87.2 cm³/mol. The Morgan fingerprint density at radius 3 is 1.64 bits per heavy atom. The van der Waals surface area contributed by atoms with E-state index < -0.39 is 13.4 Å². The van der Waals surface area contributed by atoms with Gasteiger partial charge >= 0.3 is 7.82 Å². The highest BCUT2D eigenvalue weighted by molar-refractivity contribution is 7.49. The number of benzene rings is 2. The topological polar surface area (TPSA) is 44.8 Å². The Morgan fingerprint density at radius 1 is 0.864 bits per heavy atom. The molecule has 0 saturated carbocycles. The molecule has 0 fully saturated rings. The molecule has 0 aliphatic rings. The fraction of sp³-hybridized carbons (Fsp3) is 0.294. The summed E-state index contributed by atoms with van der Waals surface area (Å²) in [6.07, 6.45) is 0.674. The molecule has 5 heteroatoms. The van der Waals surface area contributed by atoms with Gasteiger partial charge in [-0.2, -0.15) is 0 Å². The predicted octanol–water partition coefficient (Wildman–Crippen LogP) is 5.46. The second kappa shape index (κ2) is 6.99. The fourth-order valence-electron chi connectivity index (χ4n) is 1.64. The number of phosphoric ester groups is 1. The highest BCUT2D eigenvalue weighted by atomic mass is 31.2. The molecule has 0 unspecified atom stereocenters. The molecule has 0 aliphatic carbocycles. The van der Waals surface area contributed by atoms with Crippen molar-refractivity contribution in [2.45, 2.75) is 32.8 Å². The minimum absolute atomic E-state index is 0.439. The molecule has 118 valence electrons. The van der Waals surface area contributed by atoms with Gasteiger partial charge in [0.2, 0.25) is 0 Å². The minimum atomic E-state index is -3.80. The summed E-state index contributed by atoms with van der Waals surface area (Å²) in [5.41, 5.74) is -0.626. The average Bonchev–Trinajstić information content (AvgIpc) is 2.48. The normalized spacial score (nSPS) is 12.0. The molecule has 0 spiro atoms. The van der Waals surface area contributed by atoms with E-state index in [1.54, 1.807) is 48.5 Å². The van der Waals surface area contributed by atoms with Crippen molar-refractivity contribution in [3.63, 3.8) is 0 Å². The zero-order valence-corrected chi connectivity index (χ0v) is 14.0. The Kier molecular flexibility index (Phi) is 5.28. The molecular weight excluding hydrogens is 299 g/mol. The summed E-state index contributed by atoms with van der Waals surface area (Å²) in [6.45, 7) is 5.65. The smallest absolute Gasteiger partial charge is 0.395 e. The first-order valence-corrected chi connectivity index (χ1v) is 8.69. The van der Waals surface area contributed by atoms with Gasteiger partial charge in [0.25, 0.3) is 0 Å². The van der Waals surface area contributed by atoms with Crippen LogP contribution < -0.4 is 9.05 Å². The Morgan fingerprint density at radius 2 is 1.27 bits per heavy atom. The summed E-state index contributed by atoms with van der Waals surface area (Å²) < 4.78 is 29.9. The van der Waals surface area contributed by atoms with E-state index in [0.29, 0.717) is 17.9 Å². The summed E-state index contributed by atoms with van der Waals surface area (Å²) in [7, 11) is -3.80. The number of phosphoric acid groups is 1. The third kappa shape index (κ3) is 4.90. The van der Waals surface area contributed by atoms with E-state index in [-0.39, 0.29) is 0 Å². The van der Waals surface area contributed by atoms with Crippen LogP contribution in [0.1, 0.15) is 27.2 Å². The van der Waals surface area contributed by atoms with Crippen LogP contribution in [-0.4, -0.2) is 5.60 Å². The fourth-order valence-corrected chi connectivity index (χ4v) is 3.25. The van der Waals surface area contributed by atoms with Crippen LogP contribution in [0.25, 0.3) is 0 Å². The van der Waals surface area contributed by atoms with Crippen molar-refractivity contribution < 1.29 is 18.1 Å². The molecule has 0 aliphatic heterocycles. The van der Waals surface area contributed by atoms with Gasteiger partial charge < -0.3 is 9.05 Å². The molecule has 22 heavy (non-hydrogen) atoms. The lowest BCUT2D eigenvalue weighted by atomic mass is 10.1. The first kappa shape index (κ1) is 16.6. The molecule has 0 heterocycles. The monoisotopic (exact) mass is 320 g/mol. The number of hydrogen-bond donors (Lipinski definition) is 0. The maximum absolute atomic E-state index is 13.1. The van der Waals surface area contributed by atoms with Crippen molar-refractivity contribution in [1.29, 1.82) is 0 Å². The van der Waals surface area contributed by atoms with E-state index in [2.05, 4.69) is 0 Å². The van der Waals surface area contributed by atoms with Crippen LogP contribution in [0.15, 0.2) is 60.7 Å². The standard InChI is InChI=1S/C17H21O4P/c1-4-17(2,3)21-22(18,19-15-11-7-5-8-12-15)20-16-13-9-6-10-14-16/h5-14H,4H2,1-3H3. The molecule has 2 rings (SSSR count). The van der Waals surface area contributed by atoms with Crippen LogP contribution in [0, 0.1) is 0 Å². The van der Waals surface area contributed by atoms with E-state index in [1.807, 2.05) is 32.9 Å². The molecule has 4 nitrogen and oxygen atoms in total. The Hall–Kier alpha value is -1.77. The summed E-state index contributed by atoms with van der Waals surface area (Å²) in [5, 5.41) is 0. The highest BCUT2D eigenvalue weighted by Crippen LogP contribution is 2.52. The largest absolute Gasteiger partial charge is 0.588 e. The van der Waals surface area contributed by atoms with Gasteiger partial charge in [0.05, 0.1) is 5.60 Å². The minimum Gasteiger partial charge on any atom is -0.395 e. The van der Waals surface area contributed by atoms with Gasteiger partial charge in [0.1, 0.15) is 11.5 Å². The number of para-hydroxylation sites is 2. The quantitative estimate of drug-likeness (QED) is 0.636. The van der Waals surface area contributed by atoms with E-state index >= 15 is 0 Å². The van der Waals surface area contributed by atoms with Gasteiger partial charge in [-0.05, 0) is 44.5 Å². The molecule has 0 radical (unpaired) electrons. The Balaban J connectivity index is 2.25. The summed E-state index contributed by atoms with van der Waals surface area (Å²) in [6, 6.07) is 17.7. The molecule has 2 aromatic rings. The van der Waals surface area contributed by atoms with Crippen LogP contribution in [-0.2, 0) is 9.09 Å². The first-order valence-electron chi connectivity index (χ1n) is 7.22. The van der Waals surface area contributed by atoms with E-state index in [4.69, 9.17) is 13.6 Å². The molecule has 0 saturated heterocycles. The second-order valence-electron chi connectivity index (χ2n) is 5.46. The Bertz CT molecular complexity index is 580. The van der Waals surface area contributed by atoms with Crippen LogP contribution in [0.3, 0.4) is 0 Å². The molecule has 0 amide bonds. The van der Waals surface area contributed by atoms with E-state index in [9.17, 15) is 4.57 Å². The third-order valence-corrected chi connectivity index (χ3v) is 4.72. The number of rotatable bonds is 7. The van der Waals surface area contributed by atoms with Gasteiger partial charge in [-0.3, -0.25) is 4.52 Å². The van der Waals surface area contributed by atoms with Gasteiger partial charge in [-0.15, -0.1) is 0 Å². The second-order valence-corrected chi connectivity index (χ2v) is 6.90. The summed E-state index contributed by atoms with van der Waals surface area (Å²) in [5.74, 6) is 0.877. The highest BCUT2D eigenvalue weighted by Gasteiger charge is 2.37. The van der Waals surface area contributed by atoms with Crippen molar-refractivity contribution >= 4 is 7.82 Å².